The average molecular weight is 336 g/mol. The van der Waals surface area contributed by atoms with Crippen molar-refractivity contribution in [2.24, 2.45) is 11.8 Å². The minimum atomic E-state index is -0.955. The van der Waals surface area contributed by atoms with Gasteiger partial charge < -0.3 is 14.9 Å². The van der Waals surface area contributed by atoms with Gasteiger partial charge in [0.1, 0.15) is 6.04 Å². The summed E-state index contributed by atoms with van der Waals surface area (Å²) in [4.78, 5) is 27.3. The highest BCUT2D eigenvalue weighted by molar-refractivity contribution is 6.30. The molecule has 0 spiro atoms. The zero-order valence-corrected chi connectivity index (χ0v) is 12.9. The van der Waals surface area contributed by atoms with Crippen molar-refractivity contribution in [3.05, 3.63) is 46.6 Å². The van der Waals surface area contributed by atoms with Gasteiger partial charge >= 0.3 is 5.97 Å². The zero-order chi connectivity index (χ0) is 16.6. The Kier molecular flexibility index (Phi) is 4.04. The van der Waals surface area contributed by atoms with E-state index in [1.54, 1.807) is 31.2 Å². The highest BCUT2D eigenvalue weighted by atomic mass is 35.5. The minimum absolute atomic E-state index is 0.311. The number of halogens is 1. The maximum absolute atomic E-state index is 12.3. The van der Waals surface area contributed by atoms with Crippen LogP contribution in [0.5, 0.6) is 0 Å². The molecule has 8 heteroatoms. The van der Waals surface area contributed by atoms with Crippen LogP contribution in [-0.4, -0.2) is 27.1 Å². The van der Waals surface area contributed by atoms with Crippen LogP contribution < -0.4 is 5.32 Å². The van der Waals surface area contributed by atoms with Crippen LogP contribution in [-0.2, 0) is 9.59 Å². The van der Waals surface area contributed by atoms with Gasteiger partial charge in [-0.15, -0.1) is 0 Å². The number of carbonyl (C=O) groups is 2. The van der Waals surface area contributed by atoms with Crippen LogP contribution in [0.1, 0.15) is 29.7 Å². The molecule has 0 saturated heterocycles. The third-order valence-electron chi connectivity index (χ3n) is 3.74. The van der Waals surface area contributed by atoms with Gasteiger partial charge in [0.25, 0.3) is 0 Å². The first kappa shape index (κ1) is 15.5. The molecule has 2 aromatic rings. The maximum Gasteiger partial charge on any atom is 0.307 e. The molecule has 1 aliphatic rings. The van der Waals surface area contributed by atoms with Gasteiger partial charge in [-0.25, -0.2) is 0 Å². The third-order valence-corrected chi connectivity index (χ3v) is 3.99. The van der Waals surface area contributed by atoms with Crippen LogP contribution in [0.25, 0.3) is 0 Å². The van der Waals surface area contributed by atoms with Crippen molar-refractivity contribution in [3.63, 3.8) is 0 Å². The minimum Gasteiger partial charge on any atom is -0.481 e. The summed E-state index contributed by atoms with van der Waals surface area (Å²) in [6.45, 7) is 1.65. The molecule has 3 atom stereocenters. The predicted octanol–water partition coefficient (Wildman–Crippen LogP) is 1.96. The maximum atomic E-state index is 12.3. The molecule has 0 unspecified atom stereocenters. The number of aliphatic carboxylic acids is 1. The molecule has 3 rings (SSSR count). The summed E-state index contributed by atoms with van der Waals surface area (Å²) >= 11 is 5.88. The molecular weight excluding hydrogens is 322 g/mol. The molecular formula is C15H14ClN3O4. The predicted molar refractivity (Wildman–Crippen MR) is 79.7 cm³/mol. The molecule has 1 aromatic heterocycles. The summed E-state index contributed by atoms with van der Waals surface area (Å²) in [6, 6.07) is 6.27. The zero-order valence-electron chi connectivity index (χ0n) is 12.2. The number of aromatic nitrogens is 2. The lowest BCUT2D eigenvalue weighted by Gasteiger charge is -2.16. The second-order valence-corrected chi connectivity index (χ2v) is 5.89. The monoisotopic (exact) mass is 335 g/mol. The molecule has 1 heterocycles. The highest BCUT2D eigenvalue weighted by Crippen LogP contribution is 2.39. The number of benzene rings is 1. The van der Waals surface area contributed by atoms with Crippen LogP contribution in [0.4, 0.5) is 0 Å². The molecule has 0 bridgehead atoms. The Balaban J connectivity index is 1.83. The Morgan fingerprint density at radius 3 is 2.57 bits per heavy atom. The fraction of sp³-hybridized carbons (Fsp3) is 0.333. The fourth-order valence-corrected chi connectivity index (χ4v) is 2.52. The Labute approximate surface area is 136 Å². The number of hydrogen-bond donors (Lipinski definition) is 2. The highest BCUT2D eigenvalue weighted by Gasteiger charge is 2.48. The summed E-state index contributed by atoms with van der Waals surface area (Å²) in [5.74, 6) is -1.74. The van der Waals surface area contributed by atoms with Crippen molar-refractivity contribution in [1.29, 1.82) is 0 Å². The van der Waals surface area contributed by atoms with Crippen molar-refractivity contribution in [3.8, 4) is 0 Å². The van der Waals surface area contributed by atoms with E-state index in [-0.39, 0.29) is 5.91 Å². The fourth-order valence-electron chi connectivity index (χ4n) is 2.39. The normalized spacial score (nSPS) is 20.8. The van der Waals surface area contributed by atoms with Gasteiger partial charge in [0.15, 0.2) is 5.82 Å². The summed E-state index contributed by atoms with van der Waals surface area (Å²) in [7, 11) is 0. The first-order valence-corrected chi connectivity index (χ1v) is 7.42. The van der Waals surface area contributed by atoms with Crippen molar-refractivity contribution in [2.45, 2.75) is 19.4 Å². The van der Waals surface area contributed by atoms with Crippen LogP contribution in [0.2, 0.25) is 5.02 Å². The van der Waals surface area contributed by atoms with Crippen molar-refractivity contribution in [1.82, 2.24) is 15.5 Å². The smallest absolute Gasteiger partial charge is 0.307 e. The standard InChI is InChI=1S/C15H14ClN3O4/c1-7-17-13(19-23-7)12(8-2-4-9(16)5-3-8)18-14(20)10-6-11(10)15(21)22/h2-5,10-12H,6H2,1H3,(H,18,20)(H,21,22)/t10-,11-,12-/m1/s1. The number of carboxylic acid groups (broad SMARTS) is 1. The molecule has 23 heavy (non-hydrogen) atoms. The van der Waals surface area contributed by atoms with Crippen molar-refractivity contribution >= 4 is 23.5 Å². The third kappa shape index (κ3) is 3.34. The number of carbonyl (C=O) groups excluding carboxylic acids is 1. The number of hydrogen-bond acceptors (Lipinski definition) is 5. The molecule has 7 nitrogen and oxygen atoms in total. The van der Waals surface area contributed by atoms with E-state index in [1.165, 1.54) is 0 Å². The van der Waals surface area contributed by atoms with Gasteiger partial charge in [-0.2, -0.15) is 4.98 Å². The number of nitrogens with zero attached hydrogens (tertiary/aromatic N) is 2. The van der Waals surface area contributed by atoms with Crippen LogP contribution in [0, 0.1) is 18.8 Å². The van der Waals surface area contributed by atoms with Gasteiger partial charge in [-0.3, -0.25) is 9.59 Å². The van der Waals surface area contributed by atoms with E-state index in [9.17, 15) is 9.59 Å². The lowest BCUT2D eigenvalue weighted by Crippen LogP contribution is -2.32. The molecule has 1 aliphatic carbocycles. The summed E-state index contributed by atoms with van der Waals surface area (Å²) in [5, 5.41) is 16.2. The molecule has 2 N–H and O–H groups in total. The van der Waals surface area contributed by atoms with Gasteiger partial charge in [0.05, 0.1) is 11.8 Å². The molecule has 0 aliphatic heterocycles. The average Bonchev–Trinajstić information content (AvgIpc) is 3.22. The summed E-state index contributed by atoms with van der Waals surface area (Å²) < 4.78 is 4.98. The van der Waals surface area contributed by atoms with E-state index < -0.39 is 23.8 Å². The van der Waals surface area contributed by atoms with Gasteiger partial charge in [0, 0.05) is 11.9 Å². The first-order chi connectivity index (χ1) is 11.0. The summed E-state index contributed by atoms with van der Waals surface area (Å²) in [5.41, 5.74) is 0.732. The van der Waals surface area contributed by atoms with Crippen LogP contribution >= 0.6 is 11.6 Å². The Hall–Kier alpha value is -2.41. The Morgan fingerprint density at radius 2 is 2.04 bits per heavy atom. The number of rotatable bonds is 5. The topological polar surface area (TPSA) is 105 Å². The Bertz CT molecular complexity index is 743. The molecule has 120 valence electrons. The second-order valence-electron chi connectivity index (χ2n) is 5.45. The lowest BCUT2D eigenvalue weighted by atomic mass is 10.1. The van der Waals surface area contributed by atoms with E-state index in [4.69, 9.17) is 21.2 Å². The SMILES string of the molecule is Cc1nc([C@H](NC(=O)[C@@H]2C[C@H]2C(=O)O)c2ccc(Cl)cc2)no1. The molecule has 1 saturated carbocycles. The van der Waals surface area contributed by atoms with E-state index in [2.05, 4.69) is 15.5 Å². The Morgan fingerprint density at radius 1 is 1.35 bits per heavy atom. The molecule has 1 amide bonds. The molecule has 1 aromatic carbocycles. The number of carboxylic acids is 1. The van der Waals surface area contributed by atoms with Gasteiger partial charge in [-0.05, 0) is 24.1 Å². The van der Waals surface area contributed by atoms with E-state index in [0.717, 1.165) is 5.56 Å². The van der Waals surface area contributed by atoms with Gasteiger partial charge in [-0.1, -0.05) is 28.9 Å². The number of aryl methyl sites for hydroxylation is 1. The van der Waals surface area contributed by atoms with Crippen LogP contribution in [0.3, 0.4) is 0 Å². The first-order valence-electron chi connectivity index (χ1n) is 7.04. The van der Waals surface area contributed by atoms with E-state index in [0.29, 0.717) is 23.2 Å². The van der Waals surface area contributed by atoms with E-state index in [1.807, 2.05) is 0 Å². The largest absolute Gasteiger partial charge is 0.481 e. The number of amides is 1. The van der Waals surface area contributed by atoms with Crippen molar-refractivity contribution < 1.29 is 19.2 Å². The number of nitrogens with one attached hydrogen (secondary N) is 1. The molecule has 0 radical (unpaired) electrons. The quantitative estimate of drug-likeness (QED) is 0.865. The van der Waals surface area contributed by atoms with Gasteiger partial charge in [0.2, 0.25) is 11.8 Å². The molecule has 1 fully saturated rings. The lowest BCUT2D eigenvalue weighted by molar-refractivity contribution is -0.140. The van der Waals surface area contributed by atoms with Crippen LogP contribution in [0.15, 0.2) is 28.8 Å². The summed E-state index contributed by atoms with van der Waals surface area (Å²) in [6.07, 6.45) is 0.347. The van der Waals surface area contributed by atoms with Crippen molar-refractivity contribution in [2.75, 3.05) is 0 Å². The second kappa shape index (κ2) is 6.00. The van der Waals surface area contributed by atoms with E-state index >= 15 is 0 Å².